The van der Waals surface area contributed by atoms with Crippen molar-refractivity contribution < 1.29 is 19.4 Å². The van der Waals surface area contributed by atoms with Gasteiger partial charge in [0.2, 0.25) is 6.10 Å². The second-order valence-electron chi connectivity index (χ2n) is 7.12. The minimum absolute atomic E-state index is 0.0322. The van der Waals surface area contributed by atoms with Crippen LogP contribution in [0.1, 0.15) is 31.9 Å². The predicted molar refractivity (Wildman–Crippen MR) is 98.9 cm³/mol. The largest absolute Gasteiger partial charge is 0.507 e. The quantitative estimate of drug-likeness (QED) is 0.656. The third-order valence-electron chi connectivity index (χ3n) is 4.08. The van der Waals surface area contributed by atoms with E-state index in [0.717, 1.165) is 5.56 Å². The summed E-state index contributed by atoms with van der Waals surface area (Å²) < 4.78 is 11.4. The zero-order valence-corrected chi connectivity index (χ0v) is 15.0. The van der Waals surface area contributed by atoms with E-state index in [9.17, 15) is 9.90 Å². The number of nitrogens with one attached hydrogen (secondary N) is 1. The summed E-state index contributed by atoms with van der Waals surface area (Å²) in [5, 5.41) is 13.5. The Morgan fingerprint density at radius 1 is 1.23 bits per heavy atom. The Kier molecular flexibility index (Phi) is 4.84. The molecule has 0 aromatic heterocycles. The Bertz CT molecular complexity index is 840. The maximum Gasteiger partial charge on any atom is 0.284 e. The molecule has 0 radical (unpaired) electrons. The molecule has 0 saturated heterocycles. The Hall–Kier alpha value is -3.02. The number of ether oxygens (including phenoxy) is 2. The summed E-state index contributed by atoms with van der Waals surface area (Å²) in [7, 11) is 0. The lowest BCUT2D eigenvalue weighted by molar-refractivity contribution is -0.130. The number of hydrogen-bond donors (Lipinski definition) is 2. The lowest BCUT2D eigenvalue weighted by Crippen LogP contribution is -2.42. The number of rotatable bonds is 3. The molecule has 3 rings (SSSR count). The summed E-state index contributed by atoms with van der Waals surface area (Å²) in [6, 6.07) is 12.5. The average molecular weight is 354 g/mol. The fraction of sp³-hybridized carbons (Fsp3) is 0.300. The van der Waals surface area contributed by atoms with Crippen LogP contribution in [-0.2, 0) is 10.2 Å². The molecule has 2 aromatic rings. The van der Waals surface area contributed by atoms with Gasteiger partial charge in [-0.2, -0.15) is 5.10 Å². The molecule has 0 saturated carbocycles. The van der Waals surface area contributed by atoms with Crippen LogP contribution < -0.4 is 14.9 Å². The molecule has 1 amide bonds. The smallest absolute Gasteiger partial charge is 0.284 e. The number of carbonyl (C=O) groups is 1. The molecule has 6 heteroatoms. The minimum atomic E-state index is -0.792. The van der Waals surface area contributed by atoms with Gasteiger partial charge in [-0.15, -0.1) is 0 Å². The molecule has 0 spiro atoms. The number of phenolic OH excluding ortho intramolecular Hbond substituents is 1. The maximum atomic E-state index is 12.3. The third-order valence-corrected chi connectivity index (χ3v) is 4.08. The van der Waals surface area contributed by atoms with Gasteiger partial charge in [-0.3, -0.25) is 4.79 Å². The van der Waals surface area contributed by atoms with Crippen molar-refractivity contribution in [1.29, 1.82) is 0 Å². The molecular formula is C20H22N2O4. The van der Waals surface area contributed by atoms with Crippen LogP contribution in [0, 0.1) is 0 Å². The zero-order valence-electron chi connectivity index (χ0n) is 15.0. The van der Waals surface area contributed by atoms with Gasteiger partial charge >= 0.3 is 0 Å². The summed E-state index contributed by atoms with van der Waals surface area (Å²) in [5.74, 6) is 0.850. The first-order chi connectivity index (χ1) is 12.3. The van der Waals surface area contributed by atoms with Crippen LogP contribution in [0.3, 0.4) is 0 Å². The molecule has 26 heavy (non-hydrogen) atoms. The number of benzene rings is 2. The summed E-state index contributed by atoms with van der Waals surface area (Å²) in [6.45, 7) is 6.43. The lowest BCUT2D eigenvalue weighted by Gasteiger charge is -2.27. The van der Waals surface area contributed by atoms with Gasteiger partial charge in [-0.25, -0.2) is 5.43 Å². The molecule has 1 aliphatic rings. The monoisotopic (exact) mass is 354 g/mol. The Morgan fingerprint density at radius 3 is 2.73 bits per heavy atom. The number of phenols is 1. The molecule has 0 unspecified atom stereocenters. The molecule has 0 fully saturated rings. The Morgan fingerprint density at radius 2 is 2.00 bits per heavy atom. The standard InChI is InChI=1S/C20H22N2O4/c1-20(2,3)14-8-9-16-17(10-14)26-18(12-25-16)19(24)22-21-11-13-6-4-5-7-15(13)23/h4-11,18,23H,12H2,1-3H3,(H,22,24)/b21-11+/t18-/m0/s1. The first-order valence-corrected chi connectivity index (χ1v) is 8.39. The molecule has 1 atom stereocenters. The number of hydrogen-bond acceptors (Lipinski definition) is 5. The number of aromatic hydroxyl groups is 1. The third kappa shape index (κ3) is 3.96. The van der Waals surface area contributed by atoms with Crippen molar-refractivity contribution >= 4 is 12.1 Å². The molecule has 136 valence electrons. The van der Waals surface area contributed by atoms with E-state index in [1.165, 1.54) is 6.21 Å². The van der Waals surface area contributed by atoms with Gasteiger partial charge in [-0.05, 0) is 35.2 Å². The van der Waals surface area contributed by atoms with Crippen LogP contribution in [-0.4, -0.2) is 29.9 Å². The number of fused-ring (bicyclic) bond motifs is 1. The van der Waals surface area contributed by atoms with Crippen molar-refractivity contribution in [3.05, 3.63) is 53.6 Å². The van der Waals surface area contributed by atoms with E-state index in [2.05, 4.69) is 31.3 Å². The first kappa shape index (κ1) is 17.8. The highest BCUT2D eigenvalue weighted by molar-refractivity contribution is 5.86. The molecular weight excluding hydrogens is 332 g/mol. The van der Waals surface area contributed by atoms with Crippen molar-refractivity contribution in [2.75, 3.05) is 6.61 Å². The van der Waals surface area contributed by atoms with Gasteiger partial charge in [0.25, 0.3) is 5.91 Å². The predicted octanol–water partition coefficient (Wildman–Crippen LogP) is 2.98. The topological polar surface area (TPSA) is 80.2 Å². The molecule has 1 heterocycles. The van der Waals surface area contributed by atoms with Gasteiger partial charge in [0.05, 0.1) is 6.21 Å². The highest BCUT2D eigenvalue weighted by Gasteiger charge is 2.28. The van der Waals surface area contributed by atoms with Crippen molar-refractivity contribution in [3.63, 3.8) is 0 Å². The van der Waals surface area contributed by atoms with Crippen LogP contribution in [0.5, 0.6) is 17.2 Å². The van der Waals surface area contributed by atoms with Crippen molar-refractivity contribution in [3.8, 4) is 17.2 Å². The SMILES string of the molecule is CC(C)(C)c1ccc2c(c1)O[C@H](C(=O)N/N=C/c1ccccc1O)CO2. The highest BCUT2D eigenvalue weighted by Crippen LogP contribution is 2.36. The normalized spacial score (nSPS) is 16.5. The number of para-hydroxylation sites is 1. The van der Waals surface area contributed by atoms with Crippen molar-refractivity contribution in [2.24, 2.45) is 5.10 Å². The molecule has 1 aliphatic heterocycles. The summed E-state index contributed by atoms with van der Waals surface area (Å²) in [6.07, 6.45) is 0.585. The molecule has 2 N–H and O–H groups in total. The fourth-order valence-electron chi connectivity index (χ4n) is 2.50. The molecule has 0 aliphatic carbocycles. The van der Waals surface area contributed by atoms with Crippen molar-refractivity contribution in [2.45, 2.75) is 32.3 Å². The van der Waals surface area contributed by atoms with Crippen LogP contribution in [0.4, 0.5) is 0 Å². The van der Waals surface area contributed by atoms with Crippen molar-refractivity contribution in [1.82, 2.24) is 5.43 Å². The lowest BCUT2D eigenvalue weighted by atomic mass is 9.87. The summed E-state index contributed by atoms with van der Waals surface area (Å²) in [4.78, 5) is 12.3. The van der Waals surface area contributed by atoms with Gasteiger partial charge < -0.3 is 14.6 Å². The van der Waals surface area contributed by atoms with Gasteiger partial charge in [0.15, 0.2) is 11.5 Å². The average Bonchev–Trinajstić information content (AvgIpc) is 2.61. The summed E-state index contributed by atoms with van der Waals surface area (Å²) in [5.41, 5.74) is 3.99. The highest BCUT2D eigenvalue weighted by atomic mass is 16.6. The summed E-state index contributed by atoms with van der Waals surface area (Å²) >= 11 is 0. The zero-order chi connectivity index (χ0) is 18.7. The van der Waals surface area contributed by atoms with E-state index in [4.69, 9.17) is 9.47 Å². The van der Waals surface area contributed by atoms with E-state index >= 15 is 0 Å². The first-order valence-electron chi connectivity index (χ1n) is 8.39. The van der Waals surface area contributed by atoms with E-state index in [1.54, 1.807) is 24.3 Å². The second kappa shape index (κ2) is 7.07. The Labute approximate surface area is 152 Å². The second-order valence-corrected chi connectivity index (χ2v) is 7.12. The molecule has 2 aromatic carbocycles. The van der Waals surface area contributed by atoms with E-state index in [-0.39, 0.29) is 17.8 Å². The number of amides is 1. The van der Waals surface area contributed by atoms with Crippen LogP contribution in [0.25, 0.3) is 0 Å². The van der Waals surface area contributed by atoms with Crippen LogP contribution in [0.15, 0.2) is 47.6 Å². The fourth-order valence-corrected chi connectivity index (χ4v) is 2.50. The van der Waals surface area contributed by atoms with E-state index in [0.29, 0.717) is 17.1 Å². The number of carbonyl (C=O) groups excluding carboxylic acids is 1. The maximum absolute atomic E-state index is 12.3. The number of nitrogens with zero attached hydrogens (tertiary/aromatic N) is 1. The van der Waals surface area contributed by atoms with Crippen LogP contribution >= 0.6 is 0 Å². The van der Waals surface area contributed by atoms with Crippen LogP contribution in [0.2, 0.25) is 0 Å². The van der Waals surface area contributed by atoms with Gasteiger partial charge in [0.1, 0.15) is 12.4 Å². The minimum Gasteiger partial charge on any atom is -0.507 e. The van der Waals surface area contributed by atoms with E-state index in [1.807, 2.05) is 18.2 Å². The molecule has 6 nitrogen and oxygen atoms in total. The van der Waals surface area contributed by atoms with Gasteiger partial charge in [0, 0.05) is 5.56 Å². The number of hydrazone groups is 1. The Balaban J connectivity index is 1.66. The van der Waals surface area contributed by atoms with Gasteiger partial charge in [-0.1, -0.05) is 39.0 Å². The molecule has 0 bridgehead atoms. The van der Waals surface area contributed by atoms with E-state index < -0.39 is 12.0 Å².